The number of unbranched alkanes of at least 4 members (excludes halogenated alkanes) is 20. The Hall–Kier alpha value is -3.20. The number of carbonyl (C=O) groups excluding carboxylic acids is 7. The van der Waals surface area contributed by atoms with Crippen LogP contribution >= 0.6 is 11.8 Å². The second kappa shape index (κ2) is 48.1. The Labute approximate surface area is 428 Å². The van der Waals surface area contributed by atoms with Crippen LogP contribution in [0.3, 0.4) is 0 Å². The van der Waals surface area contributed by atoms with Crippen molar-refractivity contribution in [2.75, 3.05) is 47.1 Å². The Bertz CT molecular complexity index is 1210. The van der Waals surface area contributed by atoms with Crippen LogP contribution in [0.25, 0.3) is 0 Å². The van der Waals surface area contributed by atoms with Gasteiger partial charge in [-0.1, -0.05) is 168 Å². The second-order valence-corrected chi connectivity index (χ2v) is 20.5. The number of esters is 6. The van der Waals surface area contributed by atoms with Crippen LogP contribution < -0.4 is 0 Å². The molecule has 0 N–H and O–H groups in total. The Morgan fingerprint density at radius 3 is 0.929 bits per heavy atom. The first-order valence-corrected chi connectivity index (χ1v) is 28.6. The standard InChI is InChI=1S/C55H99NO13S/c1-7-11-15-19-23-27-32-49(57)64-42-46(43-65-50(58)33-28-24-20-16-12-8-2)68-53(61)39-37-48(70-55(63)36-31-41-56(5)6)38-40-54(62)69-47(44-66-51(59)34-29-25-21-17-13-9-3)45-67-52(60)35-30-26-22-18-14-10-4/h46-48H,7-45H2,1-6H3. The quantitative estimate of drug-likeness (QED) is 0.0319. The van der Waals surface area contributed by atoms with Crippen molar-refractivity contribution in [3.05, 3.63) is 0 Å². The normalized spacial score (nSPS) is 11.3. The third-order valence-corrected chi connectivity index (χ3v) is 13.2. The number of nitrogens with zero attached hydrogens (tertiary/aromatic N) is 1. The lowest BCUT2D eigenvalue weighted by Gasteiger charge is -2.20. The van der Waals surface area contributed by atoms with Crippen LogP contribution in [0.1, 0.15) is 246 Å². The van der Waals surface area contributed by atoms with E-state index in [9.17, 15) is 33.6 Å². The van der Waals surface area contributed by atoms with Crippen LogP contribution in [0.15, 0.2) is 0 Å². The fourth-order valence-corrected chi connectivity index (χ4v) is 8.66. The van der Waals surface area contributed by atoms with E-state index in [1.165, 1.54) is 0 Å². The molecule has 0 atom stereocenters. The van der Waals surface area contributed by atoms with E-state index in [0.717, 1.165) is 147 Å². The number of thioether (sulfide) groups is 1. The summed E-state index contributed by atoms with van der Waals surface area (Å²) in [6.07, 6.45) is 24.4. The smallest absolute Gasteiger partial charge is 0.306 e. The van der Waals surface area contributed by atoms with Crippen molar-refractivity contribution in [1.82, 2.24) is 4.90 Å². The molecule has 0 bridgehead atoms. The largest absolute Gasteiger partial charge is 0.462 e. The molecule has 0 aliphatic heterocycles. The molecule has 0 saturated carbocycles. The van der Waals surface area contributed by atoms with Gasteiger partial charge in [0.05, 0.1) is 0 Å². The number of hydrogen-bond acceptors (Lipinski definition) is 15. The zero-order valence-electron chi connectivity index (χ0n) is 45.0. The molecule has 0 aliphatic rings. The summed E-state index contributed by atoms with van der Waals surface area (Å²) in [5.74, 6) is -2.89. The molecule has 0 unspecified atom stereocenters. The van der Waals surface area contributed by atoms with Crippen LogP contribution in [0.4, 0.5) is 0 Å². The fraction of sp³-hybridized carbons (Fsp3) is 0.873. The summed E-state index contributed by atoms with van der Waals surface area (Å²) in [6, 6.07) is 0. The molecule has 0 spiro atoms. The van der Waals surface area contributed by atoms with Gasteiger partial charge >= 0.3 is 35.8 Å². The van der Waals surface area contributed by atoms with Crippen molar-refractivity contribution < 1.29 is 62.0 Å². The van der Waals surface area contributed by atoms with Crippen molar-refractivity contribution >= 4 is 52.7 Å². The highest BCUT2D eigenvalue weighted by Gasteiger charge is 2.25. The van der Waals surface area contributed by atoms with E-state index in [-0.39, 0.29) is 82.9 Å². The minimum absolute atomic E-state index is 0.0755. The van der Waals surface area contributed by atoms with Gasteiger partial charge in [-0.15, -0.1) is 0 Å². The number of carbonyl (C=O) groups is 7. The SMILES string of the molecule is CCCCCCCCC(=O)OCC(COC(=O)CCCCCCCC)OC(=O)CCC(CCC(=O)OC(COC(=O)CCCCCCCC)COC(=O)CCCCCCCC)SC(=O)CCCN(C)C. The van der Waals surface area contributed by atoms with E-state index in [1.807, 2.05) is 19.0 Å². The average molecular weight is 1010 g/mol. The topological polar surface area (TPSA) is 178 Å². The lowest BCUT2D eigenvalue weighted by Crippen LogP contribution is -2.31. The third kappa shape index (κ3) is 44.7. The molecule has 0 aromatic carbocycles. The Morgan fingerprint density at radius 1 is 0.357 bits per heavy atom. The number of hydrogen-bond donors (Lipinski definition) is 0. The molecular formula is C55H99NO13S. The average Bonchev–Trinajstić information content (AvgIpc) is 3.33. The molecule has 0 saturated heterocycles. The first kappa shape index (κ1) is 66.8. The minimum atomic E-state index is -1.01. The van der Waals surface area contributed by atoms with Crippen LogP contribution in [0, 0.1) is 0 Å². The van der Waals surface area contributed by atoms with Crippen molar-refractivity contribution in [1.29, 1.82) is 0 Å². The summed E-state index contributed by atoms with van der Waals surface area (Å²) in [7, 11) is 3.86. The zero-order valence-corrected chi connectivity index (χ0v) is 45.8. The van der Waals surface area contributed by atoms with E-state index >= 15 is 0 Å². The van der Waals surface area contributed by atoms with Gasteiger partial charge in [0, 0.05) is 50.2 Å². The summed E-state index contributed by atoms with van der Waals surface area (Å²) in [6.45, 7) is 8.28. The Balaban J connectivity index is 5.73. The molecule has 0 radical (unpaired) electrons. The van der Waals surface area contributed by atoms with Gasteiger partial charge in [-0.2, -0.15) is 0 Å². The highest BCUT2D eigenvalue weighted by atomic mass is 32.2. The fourth-order valence-electron chi connectivity index (χ4n) is 7.56. The van der Waals surface area contributed by atoms with Crippen molar-refractivity contribution in [3.63, 3.8) is 0 Å². The number of ether oxygens (including phenoxy) is 6. The minimum Gasteiger partial charge on any atom is -0.462 e. The van der Waals surface area contributed by atoms with Gasteiger partial charge in [0.2, 0.25) is 0 Å². The summed E-state index contributed by atoms with van der Waals surface area (Å²) in [4.78, 5) is 92.4. The summed E-state index contributed by atoms with van der Waals surface area (Å²) in [5.41, 5.74) is 0. The molecule has 0 rings (SSSR count). The van der Waals surface area contributed by atoms with Gasteiger partial charge in [-0.3, -0.25) is 33.6 Å². The van der Waals surface area contributed by atoms with E-state index in [0.29, 0.717) is 38.5 Å². The molecule has 70 heavy (non-hydrogen) atoms. The molecule has 15 heteroatoms. The first-order valence-electron chi connectivity index (χ1n) is 27.7. The molecule has 0 aromatic heterocycles. The van der Waals surface area contributed by atoms with E-state index in [1.54, 1.807) is 0 Å². The molecule has 0 aliphatic carbocycles. The maximum Gasteiger partial charge on any atom is 0.306 e. The highest BCUT2D eigenvalue weighted by molar-refractivity contribution is 8.14. The molecule has 14 nitrogen and oxygen atoms in total. The zero-order chi connectivity index (χ0) is 51.9. The molecule has 0 amide bonds. The Kier molecular flexibility index (Phi) is 45.9. The van der Waals surface area contributed by atoms with Crippen molar-refractivity contribution in [2.24, 2.45) is 0 Å². The van der Waals surface area contributed by atoms with Gasteiger partial charge in [0.15, 0.2) is 17.3 Å². The van der Waals surface area contributed by atoms with E-state index < -0.39 is 53.3 Å². The van der Waals surface area contributed by atoms with Crippen molar-refractivity contribution in [3.8, 4) is 0 Å². The van der Waals surface area contributed by atoms with E-state index in [4.69, 9.17) is 28.4 Å². The molecule has 408 valence electrons. The maximum absolute atomic E-state index is 13.4. The van der Waals surface area contributed by atoms with Gasteiger partial charge in [-0.05, 0) is 65.6 Å². The number of rotatable bonds is 49. The van der Waals surface area contributed by atoms with Crippen LogP contribution in [-0.4, -0.2) is 110 Å². The Morgan fingerprint density at radius 2 is 0.643 bits per heavy atom. The van der Waals surface area contributed by atoms with Crippen LogP contribution in [0.5, 0.6) is 0 Å². The predicted octanol–water partition coefficient (Wildman–Crippen LogP) is 12.5. The van der Waals surface area contributed by atoms with Gasteiger partial charge in [-0.25, -0.2) is 0 Å². The highest BCUT2D eigenvalue weighted by Crippen LogP contribution is 2.25. The van der Waals surface area contributed by atoms with Crippen LogP contribution in [-0.2, 0) is 62.0 Å². The second-order valence-electron chi connectivity index (χ2n) is 19.1. The first-order chi connectivity index (χ1) is 33.8. The third-order valence-electron chi connectivity index (χ3n) is 11.9. The van der Waals surface area contributed by atoms with Gasteiger partial charge < -0.3 is 33.3 Å². The monoisotopic (exact) mass is 1010 g/mol. The molecule has 0 fully saturated rings. The summed E-state index contributed by atoms with van der Waals surface area (Å²) in [5, 5.41) is -0.534. The molecule has 0 aromatic rings. The molecular weight excluding hydrogens is 915 g/mol. The van der Waals surface area contributed by atoms with Gasteiger partial charge in [0.25, 0.3) is 0 Å². The van der Waals surface area contributed by atoms with Crippen molar-refractivity contribution in [2.45, 2.75) is 263 Å². The predicted molar refractivity (Wildman–Crippen MR) is 278 cm³/mol. The summed E-state index contributed by atoms with van der Waals surface area (Å²) < 4.78 is 33.4. The summed E-state index contributed by atoms with van der Waals surface area (Å²) >= 11 is 1.08. The van der Waals surface area contributed by atoms with Gasteiger partial charge in [0.1, 0.15) is 26.4 Å². The van der Waals surface area contributed by atoms with Crippen LogP contribution in [0.2, 0.25) is 0 Å². The lowest BCUT2D eigenvalue weighted by molar-refractivity contribution is -0.167. The maximum atomic E-state index is 13.4. The van der Waals surface area contributed by atoms with E-state index in [2.05, 4.69) is 27.7 Å². The molecule has 0 heterocycles. The lowest BCUT2D eigenvalue weighted by atomic mass is 10.1.